The molecule has 1 spiro atoms. The highest BCUT2D eigenvalue weighted by Crippen LogP contribution is 2.70. The second-order valence-electron chi connectivity index (χ2n) is 9.15. The molecule has 1 saturated heterocycles. The van der Waals surface area contributed by atoms with Gasteiger partial charge in [-0.05, 0) is 54.8 Å². The molecule has 2 N–H and O–H groups in total. The zero-order valence-electron chi connectivity index (χ0n) is 17.9. The first-order valence-electron chi connectivity index (χ1n) is 10.9. The van der Waals surface area contributed by atoms with Gasteiger partial charge < -0.3 is 4.90 Å². The average molecular weight is 472 g/mol. The van der Waals surface area contributed by atoms with Crippen LogP contribution >= 0.6 is 22.2 Å². The van der Waals surface area contributed by atoms with Gasteiger partial charge in [0.1, 0.15) is 0 Å². The van der Waals surface area contributed by atoms with E-state index >= 15 is 0 Å². The minimum Gasteiger partial charge on any atom is -0.340 e. The Morgan fingerprint density at radius 1 is 1.00 bits per heavy atom. The topological polar surface area (TPSA) is 77.7 Å². The molecule has 3 aliphatic heterocycles. The Labute approximate surface area is 194 Å². The van der Waals surface area contributed by atoms with Crippen molar-refractivity contribution in [2.75, 3.05) is 25.0 Å². The normalized spacial score (nSPS) is 22.2. The third-order valence-corrected chi connectivity index (χ3v) is 10.0. The monoisotopic (exact) mass is 471 g/mol. The highest BCUT2D eigenvalue weighted by molar-refractivity contribution is 8.24. The summed E-state index contributed by atoms with van der Waals surface area (Å²) in [5.41, 5.74) is 4.39. The molecule has 0 amide bonds. The van der Waals surface area contributed by atoms with Crippen LogP contribution in [0.1, 0.15) is 35.4 Å². The number of benzene rings is 2. The van der Waals surface area contributed by atoms with Gasteiger partial charge in [0.2, 0.25) is 5.95 Å². The van der Waals surface area contributed by atoms with Gasteiger partial charge in [0, 0.05) is 24.7 Å². The Morgan fingerprint density at radius 3 is 2.59 bits per heavy atom. The summed E-state index contributed by atoms with van der Waals surface area (Å²) >= 11 is 6.29. The molecule has 6 rings (SSSR count). The number of anilines is 1. The maximum absolute atomic E-state index is 11.1. The van der Waals surface area contributed by atoms with Crippen LogP contribution in [0.3, 0.4) is 0 Å². The molecular formula is C23H26ClN5O2S. The summed E-state index contributed by atoms with van der Waals surface area (Å²) in [5.74, 6) is 2.08. The van der Waals surface area contributed by atoms with Crippen LogP contribution in [0.15, 0.2) is 42.5 Å². The van der Waals surface area contributed by atoms with Crippen molar-refractivity contribution >= 4 is 28.1 Å². The van der Waals surface area contributed by atoms with E-state index in [9.17, 15) is 9.11 Å². The SMILES string of the molecule is CN1Cc2cc(Cl)ccc2-n2c(nnc2N2CCC3(CC2)c2ccccc2CS3(O)O)C1. The van der Waals surface area contributed by atoms with Crippen molar-refractivity contribution in [3.63, 3.8) is 0 Å². The molecule has 0 unspecified atom stereocenters. The number of halogens is 1. The van der Waals surface area contributed by atoms with Gasteiger partial charge >= 0.3 is 0 Å². The quantitative estimate of drug-likeness (QED) is 0.539. The van der Waals surface area contributed by atoms with Gasteiger partial charge in [-0.2, -0.15) is 10.6 Å². The second kappa shape index (κ2) is 7.20. The van der Waals surface area contributed by atoms with Crippen LogP contribution in [-0.4, -0.2) is 48.9 Å². The summed E-state index contributed by atoms with van der Waals surface area (Å²) in [4.78, 5) is 4.45. The lowest BCUT2D eigenvalue weighted by Crippen LogP contribution is -2.44. The Kier molecular flexibility index (Phi) is 4.61. The molecule has 168 valence electrons. The first-order chi connectivity index (χ1) is 15.4. The summed E-state index contributed by atoms with van der Waals surface area (Å²) in [5, 5.41) is 9.82. The molecule has 2 aromatic carbocycles. The third-order valence-electron chi connectivity index (χ3n) is 7.19. The third kappa shape index (κ3) is 2.94. The van der Waals surface area contributed by atoms with E-state index in [1.54, 1.807) is 0 Å². The maximum atomic E-state index is 11.1. The maximum Gasteiger partial charge on any atom is 0.231 e. The average Bonchev–Trinajstić information content (AvgIpc) is 3.21. The van der Waals surface area contributed by atoms with Crippen LogP contribution < -0.4 is 4.90 Å². The largest absolute Gasteiger partial charge is 0.340 e. The standard InChI is InChI=1S/C23H26ClN5O2S/c1-27-13-17-12-18(24)6-7-20(17)29-21(14-27)25-26-22(29)28-10-8-23(9-11-28)19-5-3-2-4-16(19)15-32(23,30)31/h2-7,12,30-31H,8-11,13-15H2,1H3. The fraction of sp³-hybridized carbons (Fsp3) is 0.391. The van der Waals surface area contributed by atoms with E-state index in [4.69, 9.17) is 11.6 Å². The number of hydrogen-bond donors (Lipinski definition) is 2. The zero-order chi connectivity index (χ0) is 22.1. The summed E-state index contributed by atoms with van der Waals surface area (Å²) in [7, 11) is -0.665. The number of rotatable bonds is 1. The summed E-state index contributed by atoms with van der Waals surface area (Å²) < 4.78 is 23.8. The van der Waals surface area contributed by atoms with Gasteiger partial charge in [0.15, 0.2) is 5.82 Å². The van der Waals surface area contributed by atoms with Gasteiger partial charge in [-0.1, -0.05) is 35.9 Å². The fourth-order valence-corrected chi connectivity index (χ4v) is 8.18. The summed E-state index contributed by atoms with van der Waals surface area (Å²) in [6.07, 6.45) is 1.36. The molecular weight excluding hydrogens is 446 g/mol. The van der Waals surface area contributed by atoms with Crippen LogP contribution in [-0.2, 0) is 23.6 Å². The first-order valence-corrected chi connectivity index (χ1v) is 13.0. The van der Waals surface area contributed by atoms with Crippen LogP contribution in [0.25, 0.3) is 5.69 Å². The van der Waals surface area contributed by atoms with Crippen molar-refractivity contribution in [2.45, 2.75) is 36.4 Å². The van der Waals surface area contributed by atoms with E-state index < -0.39 is 15.3 Å². The predicted octanol–water partition coefficient (Wildman–Crippen LogP) is 4.63. The number of nitrogens with zero attached hydrogens (tertiary/aromatic N) is 5. The first kappa shape index (κ1) is 20.5. The van der Waals surface area contributed by atoms with E-state index in [2.05, 4.69) is 37.7 Å². The highest BCUT2D eigenvalue weighted by Gasteiger charge is 2.52. The van der Waals surface area contributed by atoms with Crippen LogP contribution in [0.5, 0.6) is 0 Å². The zero-order valence-corrected chi connectivity index (χ0v) is 19.5. The Morgan fingerprint density at radius 2 is 1.78 bits per heavy atom. The highest BCUT2D eigenvalue weighted by atomic mass is 35.5. The van der Waals surface area contributed by atoms with Crippen molar-refractivity contribution in [3.8, 4) is 5.69 Å². The lowest BCUT2D eigenvalue weighted by molar-refractivity contribution is 0.315. The second-order valence-corrected chi connectivity index (χ2v) is 12.0. The number of fused-ring (bicyclic) bond motifs is 5. The van der Waals surface area contributed by atoms with Crippen molar-refractivity contribution < 1.29 is 9.11 Å². The Bertz CT molecular complexity index is 1200. The van der Waals surface area contributed by atoms with Gasteiger partial charge in [0.25, 0.3) is 0 Å². The van der Waals surface area contributed by atoms with Crippen molar-refractivity contribution in [2.24, 2.45) is 0 Å². The minimum atomic E-state index is -2.74. The Hall–Kier alpha value is -2.10. The molecule has 9 heteroatoms. The summed E-state index contributed by atoms with van der Waals surface area (Å²) in [6.45, 7) is 2.88. The van der Waals surface area contributed by atoms with E-state index in [-0.39, 0.29) is 0 Å². The van der Waals surface area contributed by atoms with Crippen LogP contribution in [0, 0.1) is 0 Å². The van der Waals surface area contributed by atoms with E-state index in [1.807, 2.05) is 36.4 Å². The molecule has 3 aliphatic rings. The molecule has 0 atom stereocenters. The summed E-state index contributed by atoms with van der Waals surface area (Å²) in [6, 6.07) is 14.1. The molecule has 0 radical (unpaired) electrons. The number of aromatic nitrogens is 3. The van der Waals surface area contributed by atoms with Crippen molar-refractivity contribution in [3.05, 3.63) is 70.0 Å². The van der Waals surface area contributed by atoms with Crippen LogP contribution in [0.4, 0.5) is 5.95 Å². The smallest absolute Gasteiger partial charge is 0.231 e. The van der Waals surface area contributed by atoms with Gasteiger partial charge in [-0.15, -0.1) is 10.2 Å². The number of hydrogen-bond acceptors (Lipinski definition) is 6. The lowest BCUT2D eigenvalue weighted by atomic mass is 9.86. The molecule has 1 aromatic heterocycles. The minimum absolute atomic E-state index is 0.365. The van der Waals surface area contributed by atoms with E-state index in [0.717, 1.165) is 45.7 Å². The van der Waals surface area contributed by atoms with Gasteiger partial charge in [-0.25, -0.2) is 0 Å². The van der Waals surface area contributed by atoms with Crippen LogP contribution in [0.2, 0.25) is 5.02 Å². The van der Waals surface area contributed by atoms with E-state index in [1.165, 1.54) is 0 Å². The lowest BCUT2D eigenvalue weighted by Gasteiger charge is -2.50. The van der Waals surface area contributed by atoms with Crippen molar-refractivity contribution in [1.29, 1.82) is 0 Å². The molecule has 32 heavy (non-hydrogen) atoms. The molecule has 3 aromatic rings. The molecule has 0 aliphatic carbocycles. The molecule has 4 heterocycles. The molecule has 0 saturated carbocycles. The fourth-order valence-electron chi connectivity index (χ4n) is 5.63. The molecule has 7 nitrogen and oxygen atoms in total. The van der Waals surface area contributed by atoms with Gasteiger partial charge in [0.05, 0.1) is 22.7 Å². The molecule has 1 fully saturated rings. The van der Waals surface area contributed by atoms with Gasteiger partial charge in [-0.3, -0.25) is 18.6 Å². The van der Waals surface area contributed by atoms with E-state index in [0.29, 0.717) is 38.2 Å². The Balaban J connectivity index is 1.36. The number of piperidine rings is 1. The van der Waals surface area contributed by atoms with Crippen molar-refractivity contribution in [1.82, 2.24) is 19.7 Å². The predicted molar refractivity (Wildman–Crippen MR) is 128 cm³/mol. The molecule has 0 bridgehead atoms.